The van der Waals surface area contributed by atoms with E-state index in [2.05, 4.69) is 236 Å². The van der Waals surface area contributed by atoms with Gasteiger partial charge in [0.25, 0.3) is 6.71 Å². The van der Waals surface area contributed by atoms with Crippen LogP contribution in [0.15, 0.2) is 97.1 Å². The summed E-state index contributed by atoms with van der Waals surface area (Å²) in [6.07, 6.45) is 13.0. The van der Waals surface area contributed by atoms with Gasteiger partial charge in [-0.1, -0.05) is 173 Å². The number of fused-ring (bicyclic) bond motifs is 11. The summed E-state index contributed by atoms with van der Waals surface area (Å²) in [6, 6.07) is 41.4. The molecule has 2 atom stereocenters. The van der Waals surface area contributed by atoms with E-state index in [1.54, 1.807) is 11.1 Å². The highest BCUT2D eigenvalue weighted by molar-refractivity contribution is 7.00. The van der Waals surface area contributed by atoms with Gasteiger partial charge in [0, 0.05) is 50.9 Å². The Bertz CT molecular complexity index is 3630. The Morgan fingerprint density at radius 1 is 0.354 bits per heavy atom. The minimum absolute atomic E-state index is 0.0153. The molecule has 4 heteroatoms. The average molecular weight is 1050 g/mol. The second-order valence-corrected chi connectivity index (χ2v) is 33.0. The largest absolute Gasteiger partial charge is 0.334 e. The van der Waals surface area contributed by atoms with Crippen LogP contribution in [0.3, 0.4) is 0 Å². The second-order valence-electron chi connectivity index (χ2n) is 33.0. The lowest BCUT2D eigenvalue weighted by Crippen LogP contribution is -2.62. The normalized spacial score (nSPS) is 26.6. The molecule has 6 aromatic rings. The van der Waals surface area contributed by atoms with Crippen molar-refractivity contribution < 1.29 is 0 Å². The van der Waals surface area contributed by atoms with Crippen molar-refractivity contribution in [1.29, 1.82) is 0 Å². The van der Waals surface area contributed by atoms with Gasteiger partial charge in [-0.25, -0.2) is 0 Å². The molecule has 79 heavy (non-hydrogen) atoms. The summed E-state index contributed by atoms with van der Waals surface area (Å²) in [5.74, 6) is 0. The number of hydrogen-bond donors (Lipinski definition) is 0. The number of anilines is 8. The lowest BCUT2D eigenvalue weighted by Gasteiger charge is -2.51. The first kappa shape index (κ1) is 51.9. The third kappa shape index (κ3) is 7.09. The highest BCUT2D eigenvalue weighted by atomic mass is 15.3. The zero-order chi connectivity index (χ0) is 55.9. The standard InChI is InChI=1S/C75H92BN3/c1-66(2)43-46-35-61-58(40-53(46)71(11,12)44-66)76-59-41-56-57(70(9,10)34-33-69(56,7)8)42-62(59)78(47-25-27-50-54(36-47)68(5,6)32-31-67(50,3)4)64-39-49(79-60-24-20-19-23-52(60)74(17)29-21-22-30-75(74,79)18)38-63(65(64)76)77(61)48-26-28-51-55(37-48)73(15,16)45-72(51,13)14/h19-20,23-28,35-42H,21-22,29-34,43-45H2,1-18H3. The first-order chi connectivity index (χ1) is 36.8. The number of para-hydroxylation sites is 1. The van der Waals surface area contributed by atoms with Crippen molar-refractivity contribution >= 4 is 68.6 Å². The van der Waals surface area contributed by atoms with E-state index in [1.165, 1.54) is 152 Å². The topological polar surface area (TPSA) is 9.72 Å². The van der Waals surface area contributed by atoms with E-state index in [4.69, 9.17) is 0 Å². The number of nitrogens with zero attached hydrogens (tertiary/aromatic N) is 3. The molecule has 8 aliphatic rings. The summed E-state index contributed by atoms with van der Waals surface area (Å²) in [7, 11) is 0. The first-order valence-corrected chi connectivity index (χ1v) is 31.1. The molecular formula is C75H92BN3. The molecule has 1 saturated carbocycles. The van der Waals surface area contributed by atoms with Crippen LogP contribution in [0.2, 0.25) is 0 Å². The van der Waals surface area contributed by atoms with Gasteiger partial charge in [-0.15, -0.1) is 0 Å². The van der Waals surface area contributed by atoms with E-state index < -0.39 is 0 Å². The number of benzene rings is 6. The Morgan fingerprint density at radius 2 is 0.823 bits per heavy atom. The molecule has 1 fully saturated rings. The maximum Gasteiger partial charge on any atom is 0.252 e. The van der Waals surface area contributed by atoms with Crippen LogP contribution in [-0.4, -0.2) is 12.3 Å². The number of hydrogen-bond acceptors (Lipinski definition) is 3. The van der Waals surface area contributed by atoms with Crippen molar-refractivity contribution in [1.82, 2.24) is 0 Å². The second kappa shape index (κ2) is 15.9. The highest BCUT2D eigenvalue weighted by Gasteiger charge is 2.59. The van der Waals surface area contributed by atoms with Gasteiger partial charge >= 0.3 is 0 Å². The van der Waals surface area contributed by atoms with Crippen LogP contribution in [-0.2, 0) is 49.7 Å². The van der Waals surface area contributed by atoms with Crippen molar-refractivity contribution in [2.75, 3.05) is 14.7 Å². The fourth-order valence-electron chi connectivity index (χ4n) is 19.4. The van der Waals surface area contributed by atoms with Crippen LogP contribution in [0.25, 0.3) is 0 Å². The maximum atomic E-state index is 2.87. The van der Waals surface area contributed by atoms with Crippen LogP contribution < -0.4 is 31.1 Å². The van der Waals surface area contributed by atoms with Crippen molar-refractivity contribution in [2.24, 2.45) is 5.41 Å². The van der Waals surface area contributed by atoms with E-state index in [-0.39, 0.29) is 61.0 Å². The third-order valence-corrected chi connectivity index (χ3v) is 23.5. The minimum atomic E-state index is -0.111. The molecule has 0 spiro atoms. The van der Waals surface area contributed by atoms with E-state index in [0.717, 1.165) is 19.3 Å². The van der Waals surface area contributed by atoms with Crippen molar-refractivity contribution in [3.05, 3.63) is 147 Å². The molecule has 0 radical (unpaired) electrons. The molecule has 0 amide bonds. The summed E-state index contributed by atoms with van der Waals surface area (Å²) < 4.78 is 0. The third-order valence-electron chi connectivity index (χ3n) is 23.5. The van der Waals surface area contributed by atoms with Crippen molar-refractivity contribution in [3.63, 3.8) is 0 Å². The molecule has 0 aromatic heterocycles. The zero-order valence-corrected chi connectivity index (χ0v) is 51.9. The average Bonchev–Trinajstić information content (AvgIpc) is 3.54. The van der Waals surface area contributed by atoms with Gasteiger partial charge in [-0.2, -0.15) is 0 Å². The molecule has 3 heterocycles. The van der Waals surface area contributed by atoms with Gasteiger partial charge in [0.15, 0.2) is 0 Å². The van der Waals surface area contributed by atoms with E-state index in [1.807, 2.05) is 0 Å². The van der Waals surface area contributed by atoms with Gasteiger partial charge in [-0.3, -0.25) is 0 Å². The van der Waals surface area contributed by atoms with Gasteiger partial charge in [-0.05, 0) is 229 Å². The lowest BCUT2D eigenvalue weighted by atomic mass is 9.32. The monoisotopic (exact) mass is 1050 g/mol. The predicted molar refractivity (Wildman–Crippen MR) is 340 cm³/mol. The van der Waals surface area contributed by atoms with Gasteiger partial charge in [0.1, 0.15) is 0 Å². The molecule has 2 unspecified atom stereocenters. The Kier molecular flexibility index (Phi) is 10.4. The van der Waals surface area contributed by atoms with Gasteiger partial charge in [0.2, 0.25) is 0 Å². The van der Waals surface area contributed by atoms with Crippen molar-refractivity contribution in [3.8, 4) is 0 Å². The van der Waals surface area contributed by atoms with Crippen LogP contribution in [0.4, 0.5) is 45.5 Å². The smallest absolute Gasteiger partial charge is 0.252 e. The van der Waals surface area contributed by atoms with Crippen LogP contribution in [0.1, 0.15) is 239 Å². The molecule has 6 aromatic carbocycles. The van der Waals surface area contributed by atoms with Gasteiger partial charge in [0.05, 0.1) is 5.54 Å². The predicted octanol–water partition coefficient (Wildman–Crippen LogP) is 18.4. The Labute approximate surface area is 477 Å². The maximum absolute atomic E-state index is 2.87. The molecular weight excluding hydrogens is 954 g/mol. The van der Waals surface area contributed by atoms with Crippen molar-refractivity contribution in [2.45, 2.75) is 244 Å². The first-order valence-electron chi connectivity index (χ1n) is 31.1. The fourth-order valence-corrected chi connectivity index (χ4v) is 19.4. The molecule has 3 aliphatic heterocycles. The summed E-state index contributed by atoms with van der Waals surface area (Å²) in [5, 5.41) is 0. The SMILES string of the molecule is CC1(C)Cc2cc3c(cc2C(C)(C)C1)B1c2cc4c(cc2N(c2ccc5c(c2)C(C)(C)CCC5(C)C)c2cc(N5c6ccccc6C6(C)CCCCC56C)cc(c21)N3c1ccc2c(c1)C(C)(C)CC2(C)C)C(C)(C)CCC4(C)C. The summed E-state index contributed by atoms with van der Waals surface area (Å²) in [5.41, 5.74) is 29.3. The Hall–Kier alpha value is -5.22. The quantitative estimate of drug-likeness (QED) is 0.163. The summed E-state index contributed by atoms with van der Waals surface area (Å²) >= 11 is 0. The van der Waals surface area contributed by atoms with E-state index in [0.29, 0.717) is 0 Å². The molecule has 14 rings (SSSR count). The molecule has 410 valence electrons. The molecule has 0 N–H and O–H groups in total. The fraction of sp³-hybridized carbons (Fsp3) is 0.520. The van der Waals surface area contributed by atoms with Crippen LogP contribution in [0.5, 0.6) is 0 Å². The highest BCUT2D eigenvalue weighted by Crippen LogP contribution is 2.63. The summed E-state index contributed by atoms with van der Waals surface area (Å²) in [6.45, 7) is 45.5. The molecule has 5 aliphatic carbocycles. The van der Waals surface area contributed by atoms with E-state index in [9.17, 15) is 0 Å². The van der Waals surface area contributed by atoms with E-state index >= 15 is 0 Å². The van der Waals surface area contributed by atoms with Crippen LogP contribution in [0, 0.1) is 5.41 Å². The molecule has 3 nitrogen and oxygen atoms in total. The zero-order valence-electron chi connectivity index (χ0n) is 51.9. The number of rotatable bonds is 3. The Balaban J connectivity index is 1.15. The lowest BCUT2D eigenvalue weighted by molar-refractivity contribution is 0.195. The molecule has 0 saturated heterocycles. The van der Waals surface area contributed by atoms with Crippen LogP contribution >= 0.6 is 0 Å². The Morgan fingerprint density at radius 3 is 1.43 bits per heavy atom. The molecule has 0 bridgehead atoms. The van der Waals surface area contributed by atoms with Gasteiger partial charge < -0.3 is 14.7 Å². The summed E-state index contributed by atoms with van der Waals surface area (Å²) in [4.78, 5) is 8.50. The minimum Gasteiger partial charge on any atom is -0.334 e.